The normalized spacial score (nSPS) is 31.8. The van der Waals surface area contributed by atoms with Crippen LogP contribution in [0.5, 0.6) is 5.75 Å². The van der Waals surface area contributed by atoms with Crippen LogP contribution in [-0.4, -0.2) is 7.11 Å². The minimum Gasteiger partial charge on any atom is -0.494 e. The van der Waals surface area contributed by atoms with Gasteiger partial charge in [0.25, 0.3) is 0 Å². The van der Waals surface area contributed by atoms with E-state index in [9.17, 15) is 8.78 Å². The lowest BCUT2D eigenvalue weighted by molar-refractivity contribution is 0.358. The van der Waals surface area contributed by atoms with Crippen molar-refractivity contribution in [3.63, 3.8) is 0 Å². The van der Waals surface area contributed by atoms with Gasteiger partial charge in [-0.3, -0.25) is 0 Å². The number of halogens is 2. The highest BCUT2D eigenvalue weighted by atomic mass is 19.2. The molecule has 0 heterocycles. The van der Waals surface area contributed by atoms with Crippen molar-refractivity contribution in [2.75, 3.05) is 7.11 Å². The van der Waals surface area contributed by atoms with Crippen LogP contribution in [0.3, 0.4) is 0 Å². The summed E-state index contributed by atoms with van der Waals surface area (Å²) in [4.78, 5) is 0. The molecule has 3 heteroatoms. The highest BCUT2D eigenvalue weighted by Crippen LogP contribution is 2.55. The zero-order valence-electron chi connectivity index (χ0n) is 12.6. The summed E-state index contributed by atoms with van der Waals surface area (Å²) in [6.07, 6.45) is 8.80. The van der Waals surface area contributed by atoms with E-state index in [4.69, 9.17) is 4.74 Å². The van der Waals surface area contributed by atoms with Crippen molar-refractivity contribution in [1.29, 1.82) is 0 Å². The number of hydrogen-bond donors (Lipinski definition) is 0. The van der Waals surface area contributed by atoms with Crippen molar-refractivity contribution in [3.05, 3.63) is 41.5 Å². The van der Waals surface area contributed by atoms with E-state index < -0.39 is 11.6 Å². The molecule has 1 aromatic rings. The zero-order valence-corrected chi connectivity index (χ0v) is 12.6. The standard InChI is InChI=1S/C18H22F2O/c1-3-4-11-5-6-13-12(11)7-8-14(13)15-9-10-16(21-2)18(20)17(15)19/h3-4,9-14H,5-8H2,1-2H3. The first-order chi connectivity index (χ1) is 10.2. The molecule has 114 valence electrons. The van der Waals surface area contributed by atoms with Gasteiger partial charge in [0, 0.05) is 0 Å². The second-order valence-electron chi connectivity index (χ2n) is 6.26. The smallest absolute Gasteiger partial charge is 0.200 e. The summed E-state index contributed by atoms with van der Waals surface area (Å²) in [6.45, 7) is 2.05. The maximum Gasteiger partial charge on any atom is 0.200 e. The van der Waals surface area contributed by atoms with Gasteiger partial charge in [0.2, 0.25) is 5.82 Å². The molecule has 2 saturated carbocycles. The molecule has 4 unspecified atom stereocenters. The first-order valence-electron chi connectivity index (χ1n) is 7.82. The van der Waals surface area contributed by atoms with Crippen molar-refractivity contribution >= 4 is 0 Å². The Balaban J connectivity index is 1.88. The summed E-state index contributed by atoms with van der Waals surface area (Å²) in [5, 5.41) is 0. The third-order valence-corrected chi connectivity index (χ3v) is 5.40. The van der Waals surface area contributed by atoms with Crippen molar-refractivity contribution < 1.29 is 13.5 Å². The van der Waals surface area contributed by atoms with Gasteiger partial charge in [-0.1, -0.05) is 18.2 Å². The average molecular weight is 292 g/mol. The molecule has 0 saturated heterocycles. The Morgan fingerprint density at radius 1 is 1.05 bits per heavy atom. The Kier molecular flexibility index (Phi) is 4.01. The highest BCUT2D eigenvalue weighted by Gasteiger charge is 2.45. The van der Waals surface area contributed by atoms with Gasteiger partial charge >= 0.3 is 0 Å². The van der Waals surface area contributed by atoms with Crippen LogP contribution in [0.2, 0.25) is 0 Å². The third-order valence-electron chi connectivity index (χ3n) is 5.40. The second kappa shape index (κ2) is 5.78. The van der Waals surface area contributed by atoms with Crippen LogP contribution >= 0.6 is 0 Å². The molecular weight excluding hydrogens is 270 g/mol. The second-order valence-corrected chi connectivity index (χ2v) is 6.26. The van der Waals surface area contributed by atoms with E-state index in [1.165, 1.54) is 13.5 Å². The molecule has 0 spiro atoms. The molecule has 0 bridgehead atoms. The Labute approximate surface area is 125 Å². The highest BCUT2D eigenvalue weighted by molar-refractivity contribution is 5.34. The Morgan fingerprint density at radius 3 is 2.52 bits per heavy atom. The van der Waals surface area contributed by atoms with Gasteiger partial charge in [0.15, 0.2) is 11.6 Å². The van der Waals surface area contributed by atoms with Crippen LogP contribution in [0.1, 0.15) is 44.1 Å². The van der Waals surface area contributed by atoms with Crippen molar-refractivity contribution in [2.45, 2.75) is 38.5 Å². The first kappa shape index (κ1) is 14.6. The van der Waals surface area contributed by atoms with Crippen LogP contribution < -0.4 is 4.74 Å². The number of fused-ring (bicyclic) bond motifs is 1. The topological polar surface area (TPSA) is 9.23 Å². The van der Waals surface area contributed by atoms with Gasteiger partial charge in [0.05, 0.1) is 7.11 Å². The molecule has 0 aromatic heterocycles. The largest absolute Gasteiger partial charge is 0.494 e. The molecule has 0 radical (unpaired) electrons. The van der Waals surface area contributed by atoms with E-state index in [0.29, 0.717) is 23.3 Å². The molecule has 2 fully saturated rings. The molecule has 21 heavy (non-hydrogen) atoms. The molecule has 0 N–H and O–H groups in total. The van der Waals surface area contributed by atoms with Crippen molar-refractivity contribution in [3.8, 4) is 5.75 Å². The van der Waals surface area contributed by atoms with E-state index in [1.807, 2.05) is 0 Å². The fraction of sp³-hybridized carbons (Fsp3) is 0.556. The number of methoxy groups -OCH3 is 1. The summed E-state index contributed by atoms with van der Waals surface area (Å²) in [5.41, 5.74) is 0.543. The van der Waals surface area contributed by atoms with Crippen LogP contribution in [-0.2, 0) is 0 Å². The lowest BCUT2D eigenvalue weighted by atomic mass is 9.84. The van der Waals surface area contributed by atoms with Gasteiger partial charge in [0.1, 0.15) is 0 Å². The van der Waals surface area contributed by atoms with Crippen LogP contribution in [0.4, 0.5) is 8.78 Å². The van der Waals surface area contributed by atoms with E-state index in [1.54, 1.807) is 12.1 Å². The fourth-order valence-electron chi connectivity index (χ4n) is 4.51. The number of hydrogen-bond acceptors (Lipinski definition) is 1. The summed E-state index contributed by atoms with van der Waals surface area (Å²) < 4.78 is 33.1. The summed E-state index contributed by atoms with van der Waals surface area (Å²) >= 11 is 0. The maximum absolute atomic E-state index is 14.3. The molecule has 3 rings (SSSR count). The van der Waals surface area contributed by atoms with E-state index in [2.05, 4.69) is 19.1 Å². The molecule has 0 aliphatic heterocycles. The van der Waals surface area contributed by atoms with Crippen LogP contribution in [0, 0.1) is 29.4 Å². The zero-order chi connectivity index (χ0) is 15.0. The minimum absolute atomic E-state index is 0.0102. The predicted molar refractivity (Wildman–Crippen MR) is 79.4 cm³/mol. The molecule has 1 nitrogen and oxygen atoms in total. The average Bonchev–Trinajstić information content (AvgIpc) is 3.06. The molecule has 4 atom stereocenters. The van der Waals surface area contributed by atoms with Crippen molar-refractivity contribution in [2.24, 2.45) is 17.8 Å². The predicted octanol–water partition coefficient (Wildman–Crippen LogP) is 5.07. The third kappa shape index (κ3) is 2.37. The molecular formula is C18H22F2O. The van der Waals surface area contributed by atoms with E-state index in [0.717, 1.165) is 19.3 Å². The molecule has 2 aliphatic carbocycles. The van der Waals surface area contributed by atoms with E-state index >= 15 is 0 Å². The summed E-state index contributed by atoms with van der Waals surface area (Å²) in [6, 6.07) is 3.27. The van der Waals surface area contributed by atoms with Crippen LogP contribution in [0.15, 0.2) is 24.3 Å². The van der Waals surface area contributed by atoms with Gasteiger partial charge < -0.3 is 4.74 Å². The fourth-order valence-corrected chi connectivity index (χ4v) is 4.51. The number of benzene rings is 1. The summed E-state index contributed by atoms with van der Waals surface area (Å²) in [5.74, 6) is 0.339. The van der Waals surface area contributed by atoms with Crippen LogP contribution in [0.25, 0.3) is 0 Å². The molecule has 2 aliphatic rings. The maximum atomic E-state index is 14.3. The van der Waals surface area contributed by atoms with Crippen molar-refractivity contribution in [1.82, 2.24) is 0 Å². The number of rotatable bonds is 3. The monoisotopic (exact) mass is 292 g/mol. The van der Waals surface area contributed by atoms with Gasteiger partial charge in [-0.25, -0.2) is 4.39 Å². The first-order valence-corrected chi connectivity index (χ1v) is 7.82. The van der Waals surface area contributed by atoms with Gasteiger partial charge in [-0.2, -0.15) is 4.39 Å². The lowest BCUT2D eigenvalue weighted by Gasteiger charge is -2.21. The summed E-state index contributed by atoms with van der Waals surface area (Å²) in [7, 11) is 1.36. The minimum atomic E-state index is -0.846. The van der Waals surface area contributed by atoms with Gasteiger partial charge in [-0.15, -0.1) is 0 Å². The Hall–Kier alpha value is -1.38. The number of ether oxygens (including phenoxy) is 1. The lowest BCUT2D eigenvalue weighted by Crippen LogP contribution is -2.12. The van der Waals surface area contributed by atoms with Gasteiger partial charge in [-0.05, 0) is 67.9 Å². The SMILES string of the molecule is CC=CC1CCC2C(c3ccc(OC)c(F)c3F)CCC12. The molecule has 1 aromatic carbocycles. The van der Waals surface area contributed by atoms with E-state index in [-0.39, 0.29) is 11.7 Å². The Bertz CT molecular complexity index is 552. The number of allylic oxidation sites excluding steroid dienone is 2. The Morgan fingerprint density at radius 2 is 1.81 bits per heavy atom. The quantitative estimate of drug-likeness (QED) is 0.707. The molecule has 0 amide bonds.